The van der Waals surface area contributed by atoms with E-state index in [-0.39, 0.29) is 50.7 Å². The maximum Gasteiger partial charge on any atom is 0.411 e. The number of thioether (sulfide) groups is 1. The van der Waals surface area contributed by atoms with E-state index in [2.05, 4.69) is 20.8 Å². The number of aromatic nitrogens is 1. The van der Waals surface area contributed by atoms with Crippen LogP contribution < -0.4 is 25.8 Å². The Morgan fingerprint density at radius 1 is 1.16 bits per heavy atom. The number of nitrogen functional groups attached to an aromatic ring is 1. The van der Waals surface area contributed by atoms with Gasteiger partial charge in [0.05, 0.1) is 0 Å². The number of amides is 3. The number of benzene rings is 1. The average Bonchev–Trinajstić information content (AvgIpc) is 3.39. The summed E-state index contributed by atoms with van der Waals surface area (Å²) in [5.74, 6) is -4.39. The van der Waals surface area contributed by atoms with Crippen LogP contribution in [0.5, 0.6) is 11.5 Å². The van der Waals surface area contributed by atoms with Gasteiger partial charge in [-0.1, -0.05) is 5.16 Å². The summed E-state index contributed by atoms with van der Waals surface area (Å²) in [5.41, 5.74) is 5.42. The van der Waals surface area contributed by atoms with E-state index < -0.39 is 53.8 Å². The van der Waals surface area contributed by atoms with E-state index in [1.165, 1.54) is 30.7 Å². The van der Waals surface area contributed by atoms with Crippen molar-refractivity contribution in [2.45, 2.75) is 25.3 Å². The summed E-state index contributed by atoms with van der Waals surface area (Å²) in [6.45, 7) is 1.81. The normalized spacial score (nSPS) is 17.6. The summed E-state index contributed by atoms with van der Waals surface area (Å²) in [7, 11) is 1.23. The Balaban J connectivity index is 1.42. The quantitative estimate of drug-likeness (QED) is 0.0921. The van der Waals surface area contributed by atoms with Crippen LogP contribution in [0.25, 0.3) is 0 Å². The highest BCUT2D eigenvalue weighted by Gasteiger charge is 2.54. The Morgan fingerprint density at radius 3 is 2.48 bits per heavy atom. The smallest absolute Gasteiger partial charge is 0.411 e. The lowest BCUT2D eigenvalue weighted by atomic mass is 10.0. The highest BCUT2D eigenvalue weighted by atomic mass is 32.2. The van der Waals surface area contributed by atoms with Crippen molar-refractivity contribution in [2.75, 3.05) is 30.5 Å². The molecule has 17 nitrogen and oxygen atoms in total. The summed E-state index contributed by atoms with van der Waals surface area (Å²) in [5, 5.41) is 19.4. The summed E-state index contributed by atoms with van der Waals surface area (Å²) in [4.78, 5) is 83.0. The van der Waals surface area contributed by atoms with Gasteiger partial charge in [-0.3, -0.25) is 29.4 Å². The molecule has 1 aromatic heterocycles. The molecule has 44 heavy (non-hydrogen) atoms. The lowest BCUT2D eigenvalue weighted by Gasteiger charge is -2.49. The number of hydrogen-bond acceptors (Lipinski definition) is 15. The van der Waals surface area contributed by atoms with Crippen molar-refractivity contribution in [3.05, 3.63) is 40.5 Å². The van der Waals surface area contributed by atoms with Crippen LogP contribution in [0.2, 0.25) is 0 Å². The molecular weight excluding hydrogens is 624 g/mol. The topological polar surface area (TPSA) is 238 Å². The van der Waals surface area contributed by atoms with Crippen molar-refractivity contribution in [1.82, 2.24) is 15.2 Å². The standard InChI is InChI=1S/C25H24N6O11S2/c1-10(32)41-15-5-4-13(6-16(15)42-11(2)33)27-25(38)40-7-12-8-43-22-18(21(35)31(22)19(12)23(36)37)29-20(34)17(30-39-3)14-9-44-24(26)28-14/h4-6,9,18,22H,7-8H2,1-3H3,(H2,26,28)(H,27,38)(H,29,34)(H,36,37)/t18-,22-/m1/s1. The Hall–Kier alpha value is -5.17. The van der Waals surface area contributed by atoms with E-state index in [4.69, 9.17) is 24.8 Å². The van der Waals surface area contributed by atoms with Crippen molar-refractivity contribution in [3.8, 4) is 11.5 Å². The predicted molar refractivity (Wildman–Crippen MR) is 154 cm³/mol. The maximum atomic E-state index is 13.0. The molecule has 232 valence electrons. The molecule has 0 saturated carbocycles. The number of nitrogens with one attached hydrogen (secondary N) is 2. The van der Waals surface area contributed by atoms with Crippen LogP contribution >= 0.6 is 23.1 Å². The number of β-lactam (4-membered cyclic amide) rings is 1. The van der Waals surface area contributed by atoms with Gasteiger partial charge in [0.15, 0.2) is 22.3 Å². The third kappa shape index (κ3) is 7.06. The number of carbonyl (C=O) groups excluding carboxylic acids is 5. The molecule has 0 unspecified atom stereocenters. The van der Waals surface area contributed by atoms with Crippen LogP contribution in [0, 0.1) is 0 Å². The molecule has 2 aliphatic rings. The first-order chi connectivity index (χ1) is 20.9. The van der Waals surface area contributed by atoms with Gasteiger partial charge < -0.3 is 35.2 Å². The third-order valence-electron chi connectivity index (χ3n) is 5.77. The van der Waals surface area contributed by atoms with E-state index >= 15 is 0 Å². The van der Waals surface area contributed by atoms with Crippen molar-refractivity contribution in [2.24, 2.45) is 5.16 Å². The number of rotatable bonds is 10. The monoisotopic (exact) mass is 648 g/mol. The largest absolute Gasteiger partial charge is 0.477 e. The number of carbonyl (C=O) groups is 6. The first kappa shape index (κ1) is 31.8. The van der Waals surface area contributed by atoms with Gasteiger partial charge in [0.2, 0.25) is 0 Å². The molecule has 2 aliphatic heterocycles. The number of hydrogen-bond donors (Lipinski definition) is 4. The number of nitrogens with zero attached hydrogens (tertiary/aromatic N) is 3. The van der Waals surface area contributed by atoms with E-state index in [1.54, 1.807) is 0 Å². The number of nitrogens with two attached hydrogens (primary N) is 1. The molecule has 3 amide bonds. The van der Waals surface area contributed by atoms with Crippen LogP contribution in [-0.2, 0) is 33.5 Å². The highest BCUT2D eigenvalue weighted by Crippen LogP contribution is 2.40. The zero-order valence-corrected chi connectivity index (χ0v) is 24.8. The first-order valence-corrected chi connectivity index (χ1v) is 14.3. The second-order valence-corrected chi connectivity index (χ2v) is 10.9. The summed E-state index contributed by atoms with van der Waals surface area (Å²) in [6, 6.07) is 2.80. The molecule has 1 fully saturated rings. The molecule has 3 heterocycles. The number of oxime groups is 1. The summed E-state index contributed by atoms with van der Waals surface area (Å²) >= 11 is 2.23. The minimum atomic E-state index is -1.43. The summed E-state index contributed by atoms with van der Waals surface area (Å²) < 4.78 is 15.2. The minimum absolute atomic E-state index is 0.0552. The van der Waals surface area contributed by atoms with Gasteiger partial charge in [0, 0.05) is 42.3 Å². The van der Waals surface area contributed by atoms with E-state index in [1.807, 2.05) is 0 Å². The molecule has 0 bridgehead atoms. The first-order valence-electron chi connectivity index (χ1n) is 12.4. The van der Waals surface area contributed by atoms with Crippen LogP contribution in [-0.4, -0.2) is 87.4 Å². The average molecular weight is 649 g/mol. The number of anilines is 2. The van der Waals surface area contributed by atoms with Crippen LogP contribution in [0.1, 0.15) is 19.5 Å². The number of carboxylic acid groups (broad SMARTS) is 1. The Kier molecular flexibility index (Phi) is 9.69. The Bertz CT molecular complexity index is 1600. The second-order valence-electron chi connectivity index (χ2n) is 8.86. The lowest BCUT2D eigenvalue weighted by Crippen LogP contribution is -2.71. The van der Waals surface area contributed by atoms with E-state index in [0.717, 1.165) is 41.8 Å². The molecule has 5 N–H and O–H groups in total. The minimum Gasteiger partial charge on any atom is -0.477 e. The molecule has 4 rings (SSSR count). The fraction of sp³-hybridized carbons (Fsp3) is 0.280. The fourth-order valence-electron chi connectivity index (χ4n) is 4.06. The highest BCUT2D eigenvalue weighted by molar-refractivity contribution is 8.00. The molecule has 0 radical (unpaired) electrons. The van der Waals surface area contributed by atoms with Crippen molar-refractivity contribution < 1.29 is 52.9 Å². The summed E-state index contributed by atoms with van der Waals surface area (Å²) in [6.07, 6.45) is -0.990. The molecular formula is C25H24N6O11S2. The number of ether oxygens (including phenoxy) is 3. The number of esters is 2. The lowest BCUT2D eigenvalue weighted by molar-refractivity contribution is -0.150. The van der Waals surface area contributed by atoms with Gasteiger partial charge >= 0.3 is 24.0 Å². The van der Waals surface area contributed by atoms with Gasteiger partial charge in [-0.05, 0) is 12.1 Å². The number of aliphatic carboxylic acids is 1. The van der Waals surface area contributed by atoms with Gasteiger partial charge in [0.25, 0.3) is 11.8 Å². The molecule has 1 saturated heterocycles. The van der Waals surface area contributed by atoms with Gasteiger partial charge in [-0.15, -0.1) is 23.1 Å². The SMILES string of the molecule is CON=C(C(=O)N[C@@H]1C(=O)N2C(C(=O)O)=C(COC(=O)Nc3ccc(OC(C)=O)c(OC(C)=O)c3)CS[C@H]12)c1csc(N)n1. The zero-order chi connectivity index (χ0) is 32.1. The van der Waals surface area contributed by atoms with Gasteiger partial charge in [-0.25, -0.2) is 14.6 Å². The van der Waals surface area contributed by atoms with E-state index in [0.29, 0.717) is 0 Å². The van der Waals surface area contributed by atoms with E-state index in [9.17, 15) is 33.9 Å². The number of fused-ring (bicyclic) bond motifs is 1. The van der Waals surface area contributed by atoms with Gasteiger partial charge in [0.1, 0.15) is 36.5 Å². The zero-order valence-electron chi connectivity index (χ0n) is 23.1. The predicted octanol–water partition coefficient (Wildman–Crippen LogP) is 0.914. The van der Waals surface area contributed by atoms with Crippen molar-refractivity contribution >= 4 is 75.4 Å². The maximum absolute atomic E-state index is 13.0. The number of thiazole rings is 1. The van der Waals surface area contributed by atoms with Gasteiger partial charge in [-0.2, -0.15) is 0 Å². The molecule has 0 aliphatic carbocycles. The third-order valence-corrected chi connectivity index (χ3v) is 7.79. The number of carboxylic acids is 1. The van der Waals surface area contributed by atoms with Crippen LogP contribution in [0.15, 0.2) is 40.0 Å². The molecule has 2 aromatic rings. The van der Waals surface area contributed by atoms with Crippen LogP contribution in [0.4, 0.5) is 15.6 Å². The molecule has 19 heteroatoms. The Labute approximate surface area is 256 Å². The Morgan fingerprint density at radius 2 is 1.86 bits per heavy atom. The van der Waals surface area contributed by atoms with Crippen molar-refractivity contribution in [1.29, 1.82) is 0 Å². The second kappa shape index (κ2) is 13.4. The molecule has 2 atom stereocenters. The van der Waals surface area contributed by atoms with Crippen LogP contribution in [0.3, 0.4) is 0 Å². The molecule has 0 spiro atoms. The molecule has 1 aromatic carbocycles. The van der Waals surface area contributed by atoms with Crippen molar-refractivity contribution in [3.63, 3.8) is 0 Å². The fourth-order valence-corrected chi connectivity index (χ4v) is 5.94.